The fourth-order valence-electron chi connectivity index (χ4n) is 0.811. The third kappa shape index (κ3) is 8.39. The van der Waals surface area contributed by atoms with E-state index in [-0.39, 0.29) is 16.0 Å². The van der Waals surface area contributed by atoms with E-state index in [1.54, 1.807) is 0 Å². The maximum absolute atomic E-state index is 9.05. The Kier molecular flexibility index (Phi) is 11.3. The Morgan fingerprint density at radius 3 is 1.67 bits per heavy atom. The first kappa shape index (κ1) is 12.1. The molecule has 0 aliphatic rings. The van der Waals surface area contributed by atoms with Gasteiger partial charge in [0, 0.05) is 0 Å². The van der Waals surface area contributed by atoms with E-state index in [1.807, 2.05) is 0 Å². The van der Waals surface area contributed by atoms with Gasteiger partial charge in [0.15, 0.2) is 0 Å². The van der Waals surface area contributed by atoms with Crippen LogP contribution in [0.5, 0.6) is 0 Å². The molecule has 58 valence electrons. The van der Waals surface area contributed by atoms with E-state index in [1.165, 1.54) is 0 Å². The molecule has 0 fully saturated rings. The van der Waals surface area contributed by atoms with Gasteiger partial charge >= 0.3 is 0 Å². The molecule has 0 aromatic heterocycles. The molecule has 0 heterocycles. The molecule has 1 N–H and O–H groups in total. The zero-order valence-electron chi connectivity index (χ0n) is 6.56. The lowest BCUT2D eigenvalue weighted by molar-refractivity contribution is 0.153. The summed E-state index contributed by atoms with van der Waals surface area (Å²) < 4.78 is 0. The molecule has 0 spiro atoms. The Balaban J connectivity index is 0. The van der Waals surface area contributed by atoms with Crippen LogP contribution < -0.4 is 0 Å². The van der Waals surface area contributed by atoms with Crippen LogP contribution in [0.3, 0.4) is 0 Å². The highest BCUT2D eigenvalue weighted by atomic mass is 31.0. The second-order valence-electron chi connectivity index (χ2n) is 2.23. The van der Waals surface area contributed by atoms with Crippen LogP contribution in [-0.2, 0) is 0 Å². The molecule has 0 aromatic carbocycles. The van der Waals surface area contributed by atoms with Gasteiger partial charge in [-0.2, -0.15) is 9.90 Å². The molecule has 0 saturated carbocycles. The molecule has 0 radical (unpaired) electrons. The number of aliphatic hydroxyl groups excluding tert-OH is 1. The molecule has 0 bridgehead atoms. The Morgan fingerprint density at radius 2 is 1.44 bits per heavy atom. The van der Waals surface area contributed by atoms with Crippen LogP contribution in [0.4, 0.5) is 0 Å². The summed E-state index contributed by atoms with van der Waals surface area (Å²) in [5.74, 6) is 0. The molecular weight excluding hydrogens is 131 g/mol. The number of aliphatic hydroxyl groups is 1. The summed E-state index contributed by atoms with van der Waals surface area (Å²) in [6.07, 6.45) is 4.09. The summed E-state index contributed by atoms with van der Waals surface area (Å²) in [5, 5.41) is 9.05. The van der Waals surface area contributed by atoms with Crippen LogP contribution in [0.15, 0.2) is 0 Å². The lowest BCUT2D eigenvalue weighted by atomic mass is 10.1. The maximum atomic E-state index is 9.05. The first-order chi connectivity index (χ1) is 3.81. The molecular formula is C7H19OP. The monoisotopic (exact) mass is 150 g/mol. The predicted molar refractivity (Wildman–Crippen MR) is 46.9 cm³/mol. The van der Waals surface area contributed by atoms with Crippen LogP contribution in [-0.4, -0.2) is 11.2 Å². The number of hydrogen-bond donors (Lipinski definition) is 1. The minimum Gasteiger partial charge on any atom is -0.393 e. The van der Waals surface area contributed by atoms with Crippen molar-refractivity contribution in [3.63, 3.8) is 0 Å². The molecule has 0 amide bonds. The smallest absolute Gasteiger partial charge is 0.0540 e. The van der Waals surface area contributed by atoms with Crippen molar-refractivity contribution in [2.45, 2.75) is 45.6 Å². The quantitative estimate of drug-likeness (QED) is 0.608. The van der Waals surface area contributed by atoms with Gasteiger partial charge in [0.05, 0.1) is 6.10 Å². The zero-order chi connectivity index (χ0) is 6.41. The van der Waals surface area contributed by atoms with Gasteiger partial charge in [-0.15, -0.1) is 0 Å². The van der Waals surface area contributed by atoms with Crippen molar-refractivity contribution in [1.29, 1.82) is 0 Å². The van der Waals surface area contributed by atoms with Crippen molar-refractivity contribution in [2.24, 2.45) is 0 Å². The zero-order valence-corrected chi connectivity index (χ0v) is 7.97. The van der Waals surface area contributed by atoms with Gasteiger partial charge in [0.1, 0.15) is 0 Å². The summed E-state index contributed by atoms with van der Waals surface area (Å²) in [6.45, 7) is 4.19. The van der Waals surface area contributed by atoms with Gasteiger partial charge < -0.3 is 5.11 Å². The molecule has 2 heteroatoms. The summed E-state index contributed by atoms with van der Waals surface area (Å²) in [5.41, 5.74) is 0. The standard InChI is InChI=1S/C7H16O.H3P/c1-3-5-7(8)6-4-2;/h7-8H,3-6H2,1-2H3;1H3. The van der Waals surface area contributed by atoms with Gasteiger partial charge in [-0.25, -0.2) is 0 Å². The molecule has 0 aliphatic heterocycles. The van der Waals surface area contributed by atoms with Crippen LogP contribution in [0.1, 0.15) is 39.5 Å². The molecule has 0 aromatic rings. The van der Waals surface area contributed by atoms with Gasteiger partial charge in [-0.1, -0.05) is 26.7 Å². The first-order valence-corrected chi connectivity index (χ1v) is 3.49. The summed E-state index contributed by atoms with van der Waals surface area (Å²) in [4.78, 5) is 0. The molecule has 0 rings (SSSR count). The minimum absolute atomic E-state index is 0. The fraction of sp³-hybridized carbons (Fsp3) is 1.00. The molecule has 9 heavy (non-hydrogen) atoms. The lowest BCUT2D eigenvalue weighted by Crippen LogP contribution is -2.03. The molecule has 1 nitrogen and oxygen atoms in total. The Hall–Kier alpha value is 0.390. The summed E-state index contributed by atoms with van der Waals surface area (Å²) >= 11 is 0. The van der Waals surface area contributed by atoms with Crippen LogP contribution >= 0.6 is 9.90 Å². The van der Waals surface area contributed by atoms with E-state index in [0.717, 1.165) is 25.7 Å². The van der Waals surface area contributed by atoms with Crippen molar-refractivity contribution in [3.8, 4) is 0 Å². The summed E-state index contributed by atoms with van der Waals surface area (Å²) in [7, 11) is 0. The van der Waals surface area contributed by atoms with E-state index >= 15 is 0 Å². The molecule has 1 unspecified atom stereocenters. The molecule has 0 aliphatic carbocycles. The molecule has 0 saturated heterocycles. The largest absolute Gasteiger partial charge is 0.393 e. The van der Waals surface area contributed by atoms with Crippen molar-refractivity contribution < 1.29 is 5.11 Å². The molecule has 1 atom stereocenters. The second-order valence-corrected chi connectivity index (χ2v) is 2.23. The SMILES string of the molecule is CCCC(O)CCC.P. The third-order valence-corrected chi connectivity index (χ3v) is 1.24. The highest BCUT2D eigenvalue weighted by Crippen LogP contribution is 2.02. The highest BCUT2D eigenvalue weighted by Gasteiger charge is 1.97. The van der Waals surface area contributed by atoms with E-state index in [0.29, 0.717) is 0 Å². The summed E-state index contributed by atoms with van der Waals surface area (Å²) in [6, 6.07) is 0. The third-order valence-electron chi connectivity index (χ3n) is 1.24. The minimum atomic E-state index is -0.0370. The normalized spacial score (nSPS) is 9.33. The van der Waals surface area contributed by atoms with Crippen molar-refractivity contribution in [3.05, 3.63) is 0 Å². The van der Waals surface area contributed by atoms with Crippen LogP contribution in [0.25, 0.3) is 0 Å². The predicted octanol–water partition coefficient (Wildman–Crippen LogP) is 2.01. The van der Waals surface area contributed by atoms with Gasteiger partial charge in [-0.3, -0.25) is 0 Å². The van der Waals surface area contributed by atoms with Gasteiger partial charge in [-0.05, 0) is 12.8 Å². The van der Waals surface area contributed by atoms with Crippen LogP contribution in [0, 0.1) is 0 Å². The second kappa shape index (κ2) is 8.39. The fourth-order valence-corrected chi connectivity index (χ4v) is 0.811. The Labute approximate surface area is 61.5 Å². The van der Waals surface area contributed by atoms with Gasteiger partial charge in [0.2, 0.25) is 0 Å². The maximum Gasteiger partial charge on any atom is 0.0540 e. The Bertz CT molecular complexity index is 42.2. The van der Waals surface area contributed by atoms with Crippen molar-refractivity contribution in [1.82, 2.24) is 0 Å². The van der Waals surface area contributed by atoms with E-state index in [9.17, 15) is 0 Å². The van der Waals surface area contributed by atoms with E-state index in [2.05, 4.69) is 13.8 Å². The van der Waals surface area contributed by atoms with E-state index < -0.39 is 0 Å². The van der Waals surface area contributed by atoms with Crippen LogP contribution in [0.2, 0.25) is 0 Å². The van der Waals surface area contributed by atoms with Crippen molar-refractivity contribution >= 4 is 9.90 Å². The number of rotatable bonds is 4. The topological polar surface area (TPSA) is 20.2 Å². The van der Waals surface area contributed by atoms with Gasteiger partial charge in [0.25, 0.3) is 0 Å². The lowest BCUT2D eigenvalue weighted by Gasteiger charge is -2.04. The average molecular weight is 150 g/mol. The average Bonchev–Trinajstić information content (AvgIpc) is 1.68. The highest BCUT2D eigenvalue weighted by molar-refractivity contribution is 6.92. The van der Waals surface area contributed by atoms with Crippen molar-refractivity contribution in [2.75, 3.05) is 0 Å². The first-order valence-electron chi connectivity index (χ1n) is 3.49. The number of hydrogen-bond acceptors (Lipinski definition) is 1. The van der Waals surface area contributed by atoms with E-state index in [4.69, 9.17) is 5.11 Å². The Morgan fingerprint density at radius 1 is 1.11 bits per heavy atom.